The van der Waals surface area contributed by atoms with E-state index >= 15 is 0 Å². The molecule has 4 atom stereocenters. The Labute approximate surface area is 145 Å². The molecular weight excluding hydrogens is 318 g/mol. The van der Waals surface area contributed by atoms with Crippen molar-refractivity contribution in [1.82, 2.24) is 30.5 Å². The molecule has 4 fully saturated rings. The van der Waals surface area contributed by atoms with Crippen LogP contribution in [0.15, 0.2) is 24.5 Å². The topological polar surface area (TPSA) is 112 Å². The van der Waals surface area contributed by atoms with Crippen LogP contribution in [0.2, 0.25) is 0 Å². The average molecular weight is 339 g/mol. The smallest absolute Gasteiger partial charge is 0.270 e. The van der Waals surface area contributed by atoms with E-state index in [1.807, 2.05) is 0 Å². The minimum atomic E-state index is -0.207. The second kappa shape index (κ2) is 5.00. The van der Waals surface area contributed by atoms with E-state index in [2.05, 4.69) is 25.7 Å². The minimum absolute atomic E-state index is 0.114. The third-order valence-corrected chi connectivity index (χ3v) is 6.19. The number of carbonyl (C=O) groups excluding carboxylic acids is 1. The summed E-state index contributed by atoms with van der Waals surface area (Å²) in [6, 6.07) is 5.16. The number of pyridine rings is 1. The van der Waals surface area contributed by atoms with Crippen molar-refractivity contribution < 1.29 is 4.79 Å². The van der Waals surface area contributed by atoms with Crippen LogP contribution in [0.25, 0.3) is 0 Å². The van der Waals surface area contributed by atoms with Gasteiger partial charge in [0.2, 0.25) is 0 Å². The fourth-order valence-corrected chi connectivity index (χ4v) is 5.86. The Morgan fingerprint density at radius 1 is 1.24 bits per heavy atom. The number of nitrogens with one attached hydrogen (secondary N) is 1. The highest BCUT2D eigenvalue weighted by Crippen LogP contribution is 2.60. The summed E-state index contributed by atoms with van der Waals surface area (Å²) < 4.78 is 0. The van der Waals surface area contributed by atoms with Gasteiger partial charge in [-0.15, -0.1) is 10.2 Å². The van der Waals surface area contributed by atoms with Crippen LogP contribution >= 0.6 is 0 Å². The van der Waals surface area contributed by atoms with Gasteiger partial charge in [0.1, 0.15) is 11.5 Å². The molecule has 0 radical (unpaired) electrons. The molecule has 4 aliphatic carbocycles. The number of aromatic nitrogens is 5. The third-order valence-electron chi connectivity index (χ3n) is 6.19. The van der Waals surface area contributed by atoms with Crippen molar-refractivity contribution in [3.05, 3.63) is 30.2 Å². The zero-order chi connectivity index (χ0) is 17.1. The molecule has 0 saturated heterocycles. The lowest BCUT2D eigenvalue weighted by Gasteiger charge is -2.61. The van der Waals surface area contributed by atoms with Crippen LogP contribution < -0.4 is 11.1 Å². The Bertz CT molecular complexity index is 804. The van der Waals surface area contributed by atoms with Crippen LogP contribution in [0.3, 0.4) is 0 Å². The Hall–Kier alpha value is -2.51. The number of nitrogen functional groups attached to an aromatic ring is 1. The lowest BCUT2D eigenvalue weighted by atomic mass is 9.50. The molecule has 4 aliphatic rings. The van der Waals surface area contributed by atoms with Crippen molar-refractivity contribution >= 4 is 11.7 Å². The molecule has 1 amide bonds. The van der Waals surface area contributed by atoms with Gasteiger partial charge in [0.25, 0.3) is 5.91 Å². The van der Waals surface area contributed by atoms with E-state index in [-0.39, 0.29) is 17.0 Å². The zero-order valence-electron chi connectivity index (χ0n) is 13.9. The molecule has 2 aromatic rings. The standard InChI is InChI=1S/C17H21N7O/c18-14-3-1-2-13(21-14)15(25)22-16-5-11-4-12(6-16)8-17(7-11,9-16)24-20-10-19-23-24/h1-3,10-12H,4-9H2,(H2,18,21)(H,22,25)/t11-,12+,16?,17?. The highest BCUT2D eigenvalue weighted by atomic mass is 16.2. The molecule has 2 aromatic heterocycles. The lowest BCUT2D eigenvalue weighted by molar-refractivity contribution is -0.0811. The van der Waals surface area contributed by atoms with Crippen molar-refractivity contribution in [3.8, 4) is 0 Å². The maximum atomic E-state index is 12.8. The summed E-state index contributed by atoms with van der Waals surface area (Å²) in [6.07, 6.45) is 7.80. The van der Waals surface area contributed by atoms with Gasteiger partial charge in [-0.05, 0) is 67.7 Å². The van der Waals surface area contributed by atoms with Gasteiger partial charge in [-0.1, -0.05) is 6.07 Å². The first-order chi connectivity index (χ1) is 12.1. The Morgan fingerprint density at radius 2 is 2.04 bits per heavy atom. The summed E-state index contributed by atoms with van der Waals surface area (Å²) in [5.74, 6) is 1.42. The largest absolute Gasteiger partial charge is 0.384 e. The maximum absolute atomic E-state index is 12.8. The number of tetrazole rings is 1. The summed E-state index contributed by atoms with van der Waals surface area (Å²) in [7, 11) is 0. The monoisotopic (exact) mass is 339 g/mol. The first-order valence-corrected chi connectivity index (χ1v) is 8.84. The molecule has 4 bridgehead atoms. The van der Waals surface area contributed by atoms with Crippen LogP contribution in [0.1, 0.15) is 49.0 Å². The number of nitrogens with zero attached hydrogens (tertiary/aromatic N) is 5. The summed E-state index contributed by atoms with van der Waals surface area (Å²) in [6.45, 7) is 0. The molecule has 0 aliphatic heterocycles. The van der Waals surface area contributed by atoms with Gasteiger partial charge in [0.15, 0.2) is 6.33 Å². The van der Waals surface area contributed by atoms with Crippen LogP contribution in [-0.2, 0) is 5.54 Å². The Balaban J connectivity index is 1.46. The number of hydrogen-bond donors (Lipinski definition) is 2. The van der Waals surface area contributed by atoms with Gasteiger partial charge >= 0.3 is 0 Å². The fourth-order valence-electron chi connectivity index (χ4n) is 5.86. The molecular formula is C17H21N7O. The number of nitrogens with two attached hydrogens (primary N) is 1. The summed E-state index contributed by atoms with van der Waals surface area (Å²) in [4.78, 5) is 18.8. The van der Waals surface area contributed by atoms with E-state index in [0.29, 0.717) is 23.3 Å². The first kappa shape index (κ1) is 14.8. The van der Waals surface area contributed by atoms with E-state index in [1.165, 1.54) is 12.7 Å². The SMILES string of the molecule is Nc1cccc(C(=O)NC23C[C@H]4C[C@@H](C2)CC(n2ncnn2)(C4)C3)n1. The first-order valence-electron chi connectivity index (χ1n) is 8.84. The minimum Gasteiger partial charge on any atom is -0.384 e. The Morgan fingerprint density at radius 3 is 2.72 bits per heavy atom. The highest BCUT2D eigenvalue weighted by molar-refractivity contribution is 5.93. The zero-order valence-corrected chi connectivity index (χ0v) is 13.9. The van der Waals surface area contributed by atoms with Crippen LogP contribution in [-0.4, -0.2) is 36.6 Å². The predicted molar refractivity (Wildman–Crippen MR) is 89.3 cm³/mol. The van der Waals surface area contributed by atoms with Crippen LogP contribution in [0.5, 0.6) is 0 Å². The van der Waals surface area contributed by atoms with Gasteiger partial charge in [-0.2, -0.15) is 4.80 Å². The van der Waals surface area contributed by atoms with Crippen molar-refractivity contribution in [3.63, 3.8) is 0 Å². The van der Waals surface area contributed by atoms with Gasteiger partial charge in [-0.3, -0.25) is 4.79 Å². The van der Waals surface area contributed by atoms with E-state index in [0.717, 1.165) is 32.1 Å². The van der Waals surface area contributed by atoms with Gasteiger partial charge in [0, 0.05) is 5.54 Å². The van der Waals surface area contributed by atoms with Crippen molar-refractivity contribution in [2.75, 3.05) is 5.73 Å². The third kappa shape index (κ3) is 2.31. The molecule has 6 rings (SSSR count). The molecule has 0 spiro atoms. The fraction of sp³-hybridized carbons (Fsp3) is 0.588. The highest BCUT2D eigenvalue weighted by Gasteiger charge is 2.60. The van der Waals surface area contributed by atoms with Crippen molar-refractivity contribution in [2.45, 2.75) is 49.6 Å². The van der Waals surface area contributed by atoms with Crippen molar-refractivity contribution in [2.24, 2.45) is 11.8 Å². The molecule has 2 unspecified atom stereocenters. The number of anilines is 1. The second-order valence-corrected chi connectivity index (χ2v) is 8.09. The maximum Gasteiger partial charge on any atom is 0.270 e. The van der Waals surface area contributed by atoms with Crippen LogP contribution in [0.4, 0.5) is 5.82 Å². The molecule has 8 heteroatoms. The molecule has 2 heterocycles. The van der Waals surface area contributed by atoms with Gasteiger partial charge in [0.05, 0.1) is 5.54 Å². The summed E-state index contributed by atoms with van der Waals surface area (Å²) in [5, 5.41) is 15.8. The summed E-state index contributed by atoms with van der Waals surface area (Å²) >= 11 is 0. The molecule has 25 heavy (non-hydrogen) atoms. The van der Waals surface area contributed by atoms with Gasteiger partial charge < -0.3 is 11.1 Å². The number of amides is 1. The molecule has 4 saturated carbocycles. The van der Waals surface area contributed by atoms with Gasteiger partial charge in [-0.25, -0.2) is 4.98 Å². The number of hydrogen-bond acceptors (Lipinski definition) is 6. The Kier molecular flexibility index (Phi) is 2.96. The van der Waals surface area contributed by atoms with E-state index in [9.17, 15) is 4.79 Å². The lowest BCUT2D eigenvalue weighted by Crippen LogP contribution is -2.66. The average Bonchev–Trinajstić information content (AvgIpc) is 3.08. The molecule has 8 nitrogen and oxygen atoms in total. The summed E-state index contributed by atoms with van der Waals surface area (Å²) in [5.41, 5.74) is 5.78. The van der Waals surface area contributed by atoms with Crippen molar-refractivity contribution in [1.29, 1.82) is 0 Å². The van der Waals surface area contributed by atoms with E-state index in [4.69, 9.17) is 5.73 Å². The molecule has 130 valence electrons. The quantitative estimate of drug-likeness (QED) is 0.867. The normalized spacial score (nSPS) is 35.7. The molecule has 0 aromatic carbocycles. The van der Waals surface area contributed by atoms with Crippen LogP contribution in [0, 0.1) is 11.8 Å². The predicted octanol–water partition coefficient (Wildman–Crippen LogP) is 1.13. The number of carbonyl (C=O) groups is 1. The second-order valence-electron chi connectivity index (χ2n) is 8.09. The van der Waals surface area contributed by atoms with E-state index < -0.39 is 0 Å². The van der Waals surface area contributed by atoms with E-state index in [1.54, 1.807) is 23.0 Å². The molecule has 3 N–H and O–H groups in total. The number of rotatable bonds is 3.